The molecule has 1 saturated heterocycles. The van der Waals surface area contributed by atoms with Crippen LogP contribution in [0.4, 0.5) is 13.2 Å². The molecule has 5 nitrogen and oxygen atoms in total. The highest BCUT2D eigenvalue weighted by Gasteiger charge is 2.31. The van der Waals surface area contributed by atoms with Crippen molar-refractivity contribution >= 4 is 23.2 Å². The molecule has 2 aromatic carbocycles. The van der Waals surface area contributed by atoms with Gasteiger partial charge >= 0.3 is 6.18 Å². The van der Waals surface area contributed by atoms with Gasteiger partial charge in [-0.15, -0.1) is 11.3 Å². The van der Waals surface area contributed by atoms with Crippen molar-refractivity contribution in [3.8, 4) is 11.1 Å². The summed E-state index contributed by atoms with van der Waals surface area (Å²) in [6.45, 7) is 1.08. The average Bonchev–Trinajstić information content (AvgIpc) is 3.33. The molecule has 2 amide bonds. The SMILES string of the molecule is CNC(=O)c1csc(C2CCN(C(=O)c3ccccc3-c3ccc(C(F)(F)F)cc3)CC2)n1. The molecule has 1 aromatic heterocycles. The number of carbonyl (C=O) groups is 2. The van der Waals surface area contributed by atoms with Gasteiger partial charge in [-0.2, -0.15) is 13.2 Å². The lowest BCUT2D eigenvalue weighted by Crippen LogP contribution is -2.38. The highest BCUT2D eigenvalue weighted by Crippen LogP contribution is 2.34. The van der Waals surface area contributed by atoms with Crippen LogP contribution < -0.4 is 5.32 Å². The lowest BCUT2D eigenvalue weighted by molar-refractivity contribution is -0.137. The summed E-state index contributed by atoms with van der Waals surface area (Å²) >= 11 is 1.45. The van der Waals surface area contributed by atoms with E-state index in [1.165, 1.54) is 23.5 Å². The molecule has 3 aromatic rings. The van der Waals surface area contributed by atoms with E-state index in [0.29, 0.717) is 35.5 Å². The number of likely N-dealkylation sites (tertiary alicyclic amines) is 1. The second-order valence-electron chi connectivity index (χ2n) is 7.84. The van der Waals surface area contributed by atoms with Crippen molar-refractivity contribution in [3.63, 3.8) is 0 Å². The zero-order chi connectivity index (χ0) is 23.6. The Morgan fingerprint density at radius 2 is 1.73 bits per heavy atom. The first-order valence-electron chi connectivity index (χ1n) is 10.5. The largest absolute Gasteiger partial charge is 0.416 e. The molecule has 0 bridgehead atoms. The van der Waals surface area contributed by atoms with Crippen LogP contribution >= 0.6 is 11.3 Å². The highest BCUT2D eigenvalue weighted by molar-refractivity contribution is 7.09. The highest BCUT2D eigenvalue weighted by atomic mass is 32.1. The molecule has 0 aliphatic carbocycles. The van der Waals surface area contributed by atoms with Gasteiger partial charge in [-0.3, -0.25) is 9.59 Å². The Morgan fingerprint density at radius 3 is 2.36 bits per heavy atom. The average molecular weight is 474 g/mol. The summed E-state index contributed by atoms with van der Waals surface area (Å²) in [6, 6.07) is 11.8. The number of hydrogen-bond donors (Lipinski definition) is 1. The number of thiazole rings is 1. The molecule has 0 spiro atoms. The third-order valence-corrected chi connectivity index (χ3v) is 6.80. The normalized spacial score (nSPS) is 14.8. The second kappa shape index (κ2) is 9.35. The minimum atomic E-state index is -4.41. The summed E-state index contributed by atoms with van der Waals surface area (Å²) in [4.78, 5) is 31.2. The van der Waals surface area contributed by atoms with E-state index in [-0.39, 0.29) is 17.7 Å². The van der Waals surface area contributed by atoms with Crippen LogP contribution in [-0.2, 0) is 6.18 Å². The van der Waals surface area contributed by atoms with Crippen molar-refractivity contribution in [2.45, 2.75) is 24.9 Å². The number of carbonyl (C=O) groups excluding carboxylic acids is 2. The number of nitrogens with zero attached hydrogens (tertiary/aromatic N) is 2. The van der Waals surface area contributed by atoms with E-state index in [4.69, 9.17) is 0 Å². The standard InChI is InChI=1S/C24H22F3N3O2S/c1-28-21(31)20-14-33-22(29-20)16-10-12-30(13-11-16)23(32)19-5-3-2-4-18(19)15-6-8-17(9-7-15)24(25,26)27/h2-9,14,16H,10-13H2,1H3,(H,28,31). The second-order valence-corrected chi connectivity index (χ2v) is 8.73. The van der Waals surface area contributed by atoms with Gasteiger partial charge in [-0.05, 0) is 42.2 Å². The van der Waals surface area contributed by atoms with E-state index in [2.05, 4.69) is 10.3 Å². The molecule has 1 fully saturated rings. The molecule has 0 unspecified atom stereocenters. The Labute approximate surface area is 193 Å². The fourth-order valence-corrected chi connectivity index (χ4v) is 4.94. The maximum absolute atomic E-state index is 13.3. The Balaban J connectivity index is 1.48. The van der Waals surface area contributed by atoms with Crippen molar-refractivity contribution in [2.24, 2.45) is 0 Å². The van der Waals surface area contributed by atoms with E-state index >= 15 is 0 Å². The number of amides is 2. The van der Waals surface area contributed by atoms with E-state index < -0.39 is 11.7 Å². The third kappa shape index (κ3) is 4.93. The van der Waals surface area contributed by atoms with Gasteiger partial charge in [-0.1, -0.05) is 30.3 Å². The lowest BCUT2D eigenvalue weighted by Gasteiger charge is -2.31. The predicted octanol–water partition coefficient (Wildman–Crippen LogP) is 5.21. The summed E-state index contributed by atoms with van der Waals surface area (Å²) < 4.78 is 38.7. The van der Waals surface area contributed by atoms with Gasteiger partial charge in [0, 0.05) is 37.0 Å². The quantitative estimate of drug-likeness (QED) is 0.566. The van der Waals surface area contributed by atoms with Crippen molar-refractivity contribution < 1.29 is 22.8 Å². The first-order chi connectivity index (χ1) is 15.8. The molecular formula is C24H22F3N3O2S. The fraction of sp³-hybridized carbons (Fsp3) is 0.292. The van der Waals surface area contributed by atoms with E-state index in [0.717, 1.165) is 30.0 Å². The minimum absolute atomic E-state index is 0.144. The van der Waals surface area contributed by atoms with Gasteiger partial charge in [0.05, 0.1) is 10.6 Å². The van der Waals surface area contributed by atoms with Crippen LogP contribution in [0.3, 0.4) is 0 Å². The number of piperidine rings is 1. The molecule has 1 aliphatic heterocycles. The van der Waals surface area contributed by atoms with E-state index in [9.17, 15) is 22.8 Å². The molecule has 0 atom stereocenters. The summed E-state index contributed by atoms with van der Waals surface area (Å²) in [7, 11) is 1.56. The summed E-state index contributed by atoms with van der Waals surface area (Å²) in [6.07, 6.45) is -2.94. The summed E-state index contributed by atoms with van der Waals surface area (Å²) in [5.41, 5.74) is 1.31. The number of rotatable bonds is 4. The monoisotopic (exact) mass is 473 g/mol. The van der Waals surface area contributed by atoms with E-state index in [1.54, 1.807) is 41.6 Å². The third-order valence-electron chi connectivity index (χ3n) is 5.79. The lowest BCUT2D eigenvalue weighted by atomic mass is 9.94. The Kier molecular flexibility index (Phi) is 6.51. The van der Waals surface area contributed by atoms with E-state index in [1.807, 2.05) is 0 Å². The summed E-state index contributed by atoms with van der Waals surface area (Å²) in [5.74, 6) is -0.179. The first-order valence-corrected chi connectivity index (χ1v) is 11.4. The van der Waals surface area contributed by atoms with Crippen LogP contribution in [-0.4, -0.2) is 41.8 Å². The molecule has 172 valence electrons. The van der Waals surface area contributed by atoms with Crippen LogP contribution in [0.2, 0.25) is 0 Å². The molecule has 0 saturated carbocycles. The van der Waals surface area contributed by atoms with Gasteiger partial charge in [0.25, 0.3) is 11.8 Å². The van der Waals surface area contributed by atoms with Crippen molar-refractivity contribution in [1.82, 2.24) is 15.2 Å². The van der Waals surface area contributed by atoms with Gasteiger partial charge in [-0.25, -0.2) is 4.98 Å². The predicted molar refractivity (Wildman–Crippen MR) is 120 cm³/mol. The first kappa shape index (κ1) is 23.0. The molecular weight excluding hydrogens is 451 g/mol. The van der Waals surface area contributed by atoms with Gasteiger partial charge < -0.3 is 10.2 Å². The number of nitrogens with one attached hydrogen (secondary N) is 1. The van der Waals surface area contributed by atoms with Gasteiger partial charge in [0.15, 0.2) is 0 Å². The smallest absolute Gasteiger partial charge is 0.354 e. The van der Waals surface area contributed by atoms with Crippen LogP contribution in [0.25, 0.3) is 11.1 Å². The number of alkyl halides is 3. The fourth-order valence-electron chi connectivity index (χ4n) is 3.97. The number of halogens is 3. The zero-order valence-corrected chi connectivity index (χ0v) is 18.7. The van der Waals surface area contributed by atoms with Crippen LogP contribution in [0.1, 0.15) is 50.2 Å². The van der Waals surface area contributed by atoms with Crippen LogP contribution in [0, 0.1) is 0 Å². The molecule has 0 radical (unpaired) electrons. The van der Waals surface area contributed by atoms with Crippen molar-refractivity contribution in [2.75, 3.05) is 20.1 Å². The molecule has 9 heteroatoms. The Bertz CT molecular complexity index is 1150. The minimum Gasteiger partial charge on any atom is -0.354 e. The Hall–Kier alpha value is -3.20. The van der Waals surface area contributed by atoms with Crippen molar-refractivity contribution in [3.05, 3.63) is 75.7 Å². The van der Waals surface area contributed by atoms with Crippen LogP contribution in [0.15, 0.2) is 53.9 Å². The maximum atomic E-state index is 13.3. The zero-order valence-electron chi connectivity index (χ0n) is 17.9. The number of benzene rings is 2. The molecule has 2 heterocycles. The number of hydrogen-bond acceptors (Lipinski definition) is 4. The molecule has 33 heavy (non-hydrogen) atoms. The topological polar surface area (TPSA) is 62.3 Å². The molecule has 1 N–H and O–H groups in total. The maximum Gasteiger partial charge on any atom is 0.416 e. The van der Waals surface area contributed by atoms with Crippen LogP contribution in [0.5, 0.6) is 0 Å². The van der Waals surface area contributed by atoms with Crippen molar-refractivity contribution in [1.29, 1.82) is 0 Å². The number of aromatic nitrogens is 1. The molecule has 1 aliphatic rings. The molecule has 4 rings (SSSR count). The summed E-state index contributed by atoms with van der Waals surface area (Å²) in [5, 5.41) is 5.20. The van der Waals surface area contributed by atoms with Gasteiger partial charge in [0.1, 0.15) is 5.69 Å². The Morgan fingerprint density at radius 1 is 1.06 bits per heavy atom. The van der Waals surface area contributed by atoms with Gasteiger partial charge in [0.2, 0.25) is 0 Å².